The molecule has 5 nitrogen and oxygen atoms in total. The Kier molecular flexibility index (Phi) is 4.88. The van der Waals surface area contributed by atoms with Crippen LogP contribution in [0.1, 0.15) is 26.7 Å². The van der Waals surface area contributed by atoms with Crippen LogP contribution in [-0.4, -0.2) is 31.9 Å². The number of sulfone groups is 1. The molecule has 1 unspecified atom stereocenters. The van der Waals surface area contributed by atoms with Gasteiger partial charge in [0.25, 0.3) is 0 Å². The number of anilines is 2. The van der Waals surface area contributed by atoms with E-state index in [1.807, 2.05) is 38.1 Å². The number of rotatable bonds is 5. The van der Waals surface area contributed by atoms with Crippen molar-refractivity contribution in [3.63, 3.8) is 0 Å². The Hall–Kier alpha value is -1.56. The summed E-state index contributed by atoms with van der Waals surface area (Å²) in [5.74, 6) is 0.788. The molecule has 1 heterocycles. The van der Waals surface area contributed by atoms with Gasteiger partial charge < -0.3 is 10.6 Å². The molecule has 0 spiro atoms. The van der Waals surface area contributed by atoms with E-state index in [0.29, 0.717) is 18.8 Å². The summed E-state index contributed by atoms with van der Waals surface area (Å²) in [6.07, 6.45) is 1.15. The van der Waals surface area contributed by atoms with Crippen LogP contribution in [0.3, 0.4) is 0 Å². The van der Waals surface area contributed by atoms with E-state index in [1.54, 1.807) is 0 Å². The minimum atomic E-state index is -2.87. The normalized spacial score (nSPS) is 20.4. The van der Waals surface area contributed by atoms with E-state index in [-0.39, 0.29) is 23.5 Å². The minimum absolute atomic E-state index is 0.00703. The van der Waals surface area contributed by atoms with Crippen molar-refractivity contribution in [2.24, 2.45) is 5.92 Å². The number of benzene rings is 1. The lowest BCUT2D eigenvalue weighted by atomic mass is 10.1. The van der Waals surface area contributed by atoms with Gasteiger partial charge in [0.15, 0.2) is 9.84 Å². The van der Waals surface area contributed by atoms with E-state index < -0.39 is 9.84 Å². The van der Waals surface area contributed by atoms with Crippen LogP contribution in [0.2, 0.25) is 0 Å². The second kappa shape index (κ2) is 6.47. The molecule has 1 fully saturated rings. The maximum absolute atomic E-state index is 11.7. The summed E-state index contributed by atoms with van der Waals surface area (Å²) < 4.78 is 22.8. The Morgan fingerprint density at radius 2 is 1.86 bits per heavy atom. The van der Waals surface area contributed by atoms with E-state index >= 15 is 0 Å². The zero-order valence-electron chi connectivity index (χ0n) is 12.4. The molecule has 1 aromatic carbocycles. The van der Waals surface area contributed by atoms with Crippen molar-refractivity contribution in [2.75, 3.05) is 22.1 Å². The number of carbonyl (C=O) groups excluding carboxylic acids is 1. The van der Waals surface area contributed by atoms with Gasteiger partial charge in [-0.25, -0.2) is 8.42 Å². The number of nitrogens with one attached hydrogen (secondary N) is 2. The summed E-state index contributed by atoms with van der Waals surface area (Å²) in [5.41, 5.74) is 1.63. The van der Waals surface area contributed by atoms with Gasteiger partial charge in [-0.2, -0.15) is 0 Å². The summed E-state index contributed by atoms with van der Waals surface area (Å²) in [6.45, 7) is 4.00. The van der Waals surface area contributed by atoms with Gasteiger partial charge in [-0.15, -0.1) is 0 Å². The van der Waals surface area contributed by atoms with Crippen LogP contribution >= 0.6 is 0 Å². The molecule has 0 aromatic heterocycles. The molecular weight excluding hydrogens is 288 g/mol. The molecule has 21 heavy (non-hydrogen) atoms. The van der Waals surface area contributed by atoms with Gasteiger partial charge in [0.05, 0.1) is 11.5 Å². The van der Waals surface area contributed by atoms with Gasteiger partial charge >= 0.3 is 0 Å². The Labute approximate surface area is 126 Å². The first-order valence-corrected chi connectivity index (χ1v) is 9.03. The van der Waals surface area contributed by atoms with E-state index in [1.165, 1.54) is 0 Å². The number of amides is 1. The lowest BCUT2D eigenvalue weighted by Crippen LogP contribution is -2.20. The molecule has 0 radical (unpaired) electrons. The average molecular weight is 310 g/mol. The van der Waals surface area contributed by atoms with Crippen molar-refractivity contribution in [1.82, 2.24) is 0 Å². The quantitative estimate of drug-likeness (QED) is 0.875. The molecule has 0 aliphatic carbocycles. The maximum atomic E-state index is 11.7. The first-order valence-electron chi connectivity index (χ1n) is 7.21. The van der Waals surface area contributed by atoms with Gasteiger partial charge in [-0.3, -0.25) is 4.79 Å². The minimum Gasteiger partial charge on any atom is -0.381 e. The molecule has 1 saturated heterocycles. The Morgan fingerprint density at radius 1 is 1.24 bits per heavy atom. The van der Waals surface area contributed by atoms with Gasteiger partial charge in [0, 0.05) is 23.8 Å². The zero-order valence-corrected chi connectivity index (χ0v) is 13.2. The SMILES string of the molecule is CC(C)CC(=O)Nc1ccc(NC2CCS(=O)(=O)C2)cc1. The molecule has 116 valence electrons. The first-order chi connectivity index (χ1) is 9.84. The van der Waals surface area contributed by atoms with Gasteiger partial charge in [-0.05, 0) is 36.6 Å². The third-order valence-corrected chi connectivity index (χ3v) is 5.13. The summed E-state index contributed by atoms with van der Waals surface area (Å²) >= 11 is 0. The fourth-order valence-electron chi connectivity index (χ4n) is 2.38. The maximum Gasteiger partial charge on any atom is 0.224 e. The van der Waals surface area contributed by atoms with Crippen LogP contribution in [0.4, 0.5) is 11.4 Å². The van der Waals surface area contributed by atoms with Crippen LogP contribution in [0.5, 0.6) is 0 Å². The Morgan fingerprint density at radius 3 is 2.38 bits per heavy atom. The van der Waals surface area contributed by atoms with Crippen LogP contribution in [-0.2, 0) is 14.6 Å². The largest absolute Gasteiger partial charge is 0.381 e. The summed E-state index contributed by atoms with van der Waals surface area (Å²) in [6, 6.07) is 7.34. The van der Waals surface area contributed by atoms with E-state index in [2.05, 4.69) is 10.6 Å². The molecule has 0 bridgehead atoms. The lowest BCUT2D eigenvalue weighted by molar-refractivity contribution is -0.116. The van der Waals surface area contributed by atoms with E-state index in [0.717, 1.165) is 11.4 Å². The molecule has 6 heteroatoms. The Balaban J connectivity index is 1.89. The predicted octanol–water partition coefficient (Wildman–Crippen LogP) is 2.27. The fraction of sp³-hybridized carbons (Fsp3) is 0.533. The Bertz CT molecular complexity index is 594. The zero-order chi connectivity index (χ0) is 15.5. The van der Waals surface area contributed by atoms with Crippen molar-refractivity contribution in [3.8, 4) is 0 Å². The average Bonchev–Trinajstić information content (AvgIpc) is 2.70. The monoisotopic (exact) mass is 310 g/mol. The summed E-state index contributed by atoms with van der Waals surface area (Å²) in [7, 11) is -2.87. The third-order valence-electron chi connectivity index (χ3n) is 3.37. The standard InChI is InChI=1S/C15H22N2O3S/c1-11(2)9-15(18)17-13-5-3-12(4-6-13)16-14-7-8-21(19,20)10-14/h3-6,11,14,16H,7-10H2,1-2H3,(H,17,18). The van der Waals surface area contributed by atoms with Crippen molar-refractivity contribution in [1.29, 1.82) is 0 Å². The number of hydrogen-bond acceptors (Lipinski definition) is 4. The highest BCUT2D eigenvalue weighted by atomic mass is 32.2. The van der Waals surface area contributed by atoms with Crippen molar-refractivity contribution < 1.29 is 13.2 Å². The highest BCUT2D eigenvalue weighted by Crippen LogP contribution is 2.19. The summed E-state index contributed by atoms with van der Waals surface area (Å²) in [5, 5.41) is 6.06. The summed E-state index contributed by atoms with van der Waals surface area (Å²) in [4.78, 5) is 11.7. The first kappa shape index (κ1) is 15.8. The fourth-order valence-corrected chi connectivity index (χ4v) is 4.05. The molecule has 1 amide bonds. The molecule has 1 aliphatic heterocycles. The predicted molar refractivity (Wildman–Crippen MR) is 85.2 cm³/mol. The van der Waals surface area contributed by atoms with E-state index in [9.17, 15) is 13.2 Å². The molecule has 2 N–H and O–H groups in total. The molecule has 0 saturated carbocycles. The van der Waals surface area contributed by atoms with Gasteiger partial charge in [-0.1, -0.05) is 13.8 Å². The molecule has 1 aliphatic rings. The highest BCUT2D eigenvalue weighted by molar-refractivity contribution is 7.91. The van der Waals surface area contributed by atoms with Gasteiger partial charge in [0.1, 0.15) is 0 Å². The third kappa shape index (κ3) is 5.04. The molecule has 1 atom stereocenters. The number of hydrogen-bond donors (Lipinski definition) is 2. The van der Waals surface area contributed by atoms with Crippen LogP contribution in [0.25, 0.3) is 0 Å². The number of carbonyl (C=O) groups is 1. The van der Waals surface area contributed by atoms with E-state index in [4.69, 9.17) is 0 Å². The van der Waals surface area contributed by atoms with Crippen molar-refractivity contribution >= 4 is 27.1 Å². The molecule has 1 aromatic rings. The molecule has 2 rings (SSSR count). The second-order valence-electron chi connectivity index (χ2n) is 5.97. The van der Waals surface area contributed by atoms with Crippen LogP contribution in [0, 0.1) is 5.92 Å². The molecular formula is C15H22N2O3S. The second-order valence-corrected chi connectivity index (χ2v) is 8.20. The lowest BCUT2D eigenvalue weighted by Gasteiger charge is -2.13. The van der Waals surface area contributed by atoms with Crippen LogP contribution in [0.15, 0.2) is 24.3 Å². The van der Waals surface area contributed by atoms with Crippen molar-refractivity contribution in [2.45, 2.75) is 32.7 Å². The topological polar surface area (TPSA) is 75.3 Å². The van der Waals surface area contributed by atoms with Crippen molar-refractivity contribution in [3.05, 3.63) is 24.3 Å². The van der Waals surface area contributed by atoms with Gasteiger partial charge in [0.2, 0.25) is 5.91 Å². The highest BCUT2D eigenvalue weighted by Gasteiger charge is 2.27. The smallest absolute Gasteiger partial charge is 0.224 e. The van der Waals surface area contributed by atoms with Crippen LogP contribution < -0.4 is 10.6 Å².